The molecule has 0 spiro atoms. The van der Waals surface area contributed by atoms with Gasteiger partial charge in [0.1, 0.15) is 0 Å². The maximum atomic E-state index is 13.1. The molecule has 0 N–H and O–H groups in total. The second-order valence-corrected chi connectivity index (χ2v) is 9.00. The predicted octanol–water partition coefficient (Wildman–Crippen LogP) is 1.41. The first-order chi connectivity index (χ1) is 13.0. The summed E-state index contributed by atoms with van der Waals surface area (Å²) in [5.74, 6) is 0.0682. The van der Waals surface area contributed by atoms with Gasteiger partial charge in [0.05, 0.1) is 24.5 Å². The molecule has 1 aromatic rings. The number of methoxy groups -OCH3 is 2. The predicted molar refractivity (Wildman–Crippen MR) is 101 cm³/mol. The first-order valence-electron chi connectivity index (χ1n) is 9.36. The summed E-state index contributed by atoms with van der Waals surface area (Å²) >= 11 is 0. The molecule has 2 heterocycles. The van der Waals surface area contributed by atoms with E-state index >= 15 is 0 Å². The number of hydrogen-bond donors (Lipinski definition) is 0. The Labute approximate surface area is 161 Å². The lowest BCUT2D eigenvalue weighted by molar-refractivity contribution is -0.133. The maximum absolute atomic E-state index is 13.1. The minimum absolute atomic E-state index is 0.0682. The fourth-order valence-electron chi connectivity index (χ4n) is 3.87. The van der Waals surface area contributed by atoms with Gasteiger partial charge in [0.15, 0.2) is 0 Å². The number of ether oxygens (including phenoxy) is 2. The van der Waals surface area contributed by atoms with E-state index in [0.717, 1.165) is 24.0 Å². The minimum atomic E-state index is -3.53. The molecule has 1 atom stereocenters. The van der Waals surface area contributed by atoms with E-state index in [4.69, 9.17) is 9.47 Å². The molecule has 150 valence electrons. The topological polar surface area (TPSA) is 76.2 Å². The zero-order valence-electron chi connectivity index (χ0n) is 16.0. The van der Waals surface area contributed by atoms with Crippen LogP contribution in [0.2, 0.25) is 0 Å². The molecule has 0 unspecified atom stereocenters. The van der Waals surface area contributed by atoms with Gasteiger partial charge in [0, 0.05) is 39.9 Å². The highest BCUT2D eigenvalue weighted by molar-refractivity contribution is 7.89. The van der Waals surface area contributed by atoms with Crippen molar-refractivity contribution in [2.24, 2.45) is 0 Å². The van der Waals surface area contributed by atoms with Crippen molar-refractivity contribution in [1.82, 2.24) is 9.21 Å². The van der Waals surface area contributed by atoms with Gasteiger partial charge < -0.3 is 14.4 Å². The molecule has 0 aliphatic carbocycles. The Morgan fingerprint density at radius 2 is 2.00 bits per heavy atom. The van der Waals surface area contributed by atoms with Crippen LogP contribution in [-0.2, 0) is 37.3 Å². The SMILES string of the molecule is COCCC(=O)N1CCc2cc(S(=O)(=O)N3CCC[C@@H]3COC)ccc2C1. The van der Waals surface area contributed by atoms with Crippen LogP contribution in [0.4, 0.5) is 0 Å². The molecule has 1 amide bonds. The van der Waals surface area contributed by atoms with Gasteiger partial charge in [-0.25, -0.2) is 8.42 Å². The molecule has 7 nitrogen and oxygen atoms in total. The van der Waals surface area contributed by atoms with Gasteiger partial charge in [-0.1, -0.05) is 6.07 Å². The van der Waals surface area contributed by atoms with Crippen molar-refractivity contribution in [3.63, 3.8) is 0 Å². The van der Waals surface area contributed by atoms with E-state index in [-0.39, 0.29) is 11.9 Å². The third-order valence-corrected chi connectivity index (χ3v) is 7.30. The molecule has 0 radical (unpaired) electrons. The van der Waals surface area contributed by atoms with Gasteiger partial charge in [0.25, 0.3) is 0 Å². The zero-order chi connectivity index (χ0) is 19.4. The normalized spacial score (nSPS) is 20.7. The van der Waals surface area contributed by atoms with Crippen LogP contribution in [0.1, 0.15) is 30.4 Å². The second kappa shape index (κ2) is 8.68. The van der Waals surface area contributed by atoms with Crippen LogP contribution in [0.3, 0.4) is 0 Å². The summed E-state index contributed by atoms with van der Waals surface area (Å²) in [4.78, 5) is 14.3. The van der Waals surface area contributed by atoms with Crippen molar-refractivity contribution < 1.29 is 22.7 Å². The van der Waals surface area contributed by atoms with Crippen molar-refractivity contribution in [2.75, 3.05) is 40.5 Å². The summed E-state index contributed by atoms with van der Waals surface area (Å²) < 4.78 is 37.9. The van der Waals surface area contributed by atoms with E-state index in [0.29, 0.717) is 50.6 Å². The van der Waals surface area contributed by atoms with Crippen molar-refractivity contribution in [1.29, 1.82) is 0 Å². The van der Waals surface area contributed by atoms with Gasteiger partial charge in [-0.05, 0) is 42.5 Å². The summed E-state index contributed by atoms with van der Waals surface area (Å²) in [5.41, 5.74) is 2.02. The Balaban J connectivity index is 1.76. The Kier molecular flexibility index (Phi) is 6.52. The van der Waals surface area contributed by atoms with Crippen LogP contribution in [-0.4, -0.2) is 70.1 Å². The first kappa shape index (κ1) is 20.3. The molecule has 1 aromatic carbocycles. The van der Waals surface area contributed by atoms with E-state index in [1.165, 1.54) is 0 Å². The van der Waals surface area contributed by atoms with Gasteiger partial charge in [0.2, 0.25) is 15.9 Å². The molecular weight excluding hydrogens is 368 g/mol. The van der Waals surface area contributed by atoms with Crippen LogP contribution in [0.25, 0.3) is 0 Å². The van der Waals surface area contributed by atoms with Crippen LogP contribution in [0, 0.1) is 0 Å². The number of rotatable bonds is 7. The van der Waals surface area contributed by atoms with E-state index in [2.05, 4.69) is 0 Å². The Morgan fingerprint density at radius 1 is 1.19 bits per heavy atom. The third kappa shape index (κ3) is 4.34. The Morgan fingerprint density at radius 3 is 2.74 bits per heavy atom. The summed E-state index contributed by atoms with van der Waals surface area (Å²) in [5, 5.41) is 0. The van der Waals surface area contributed by atoms with E-state index in [9.17, 15) is 13.2 Å². The quantitative estimate of drug-likeness (QED) is 0.697. The second-order valence-electron chi connectivity index (χ2n) is 7.11. The highest BCUT2D eigenvalue weighted by Gasteiger charge is 2.35. The lowest BCUT2D eigenvalue weighted by Gasteiger charge is -2.30. The van der Waals surface area contributed by atoms with Crippen molar-refractivity contribution in [3.8, 4) is 0 Å². The highest BCUT2D eigenvalue weighted by atomic mass is 32.2. The van der Waals surface area contributed by atoms with E-state index in [1.54, 1.807) is 30.7 Å². The molecule has 8 heteroatoms. The van der Waals surface area contributed by atoms with Crippen LogP contribution in [0.5, 0.6) is 0 Å². The molecule has 1 fully saturated rings. The summed E-state index contributed by atoms with van der Waals surface area (Å²) in [6, 6.07) is 5.20. The lowest BCUT2D eigenvalue weighted by atomic mass is 10.00. The summed E-state index contributed by atoms with van der Waals surface area (Å²) in [6.45, 7) is 2.50. The average Bonchev–Trinajstić information content (AvgIpc) is 3.14. The Bertz CT molecular complexity index is 780. The van der Waals surface area contributed by atoms with Crippen molar-refractivity contribution in [3.05, 3.63) is 29.3 Å². The van der Waals surface area contributed by atoms with Gasteiger partial charge in [-0.15, -0.1) is 0 Å². The molecule has 3 rings (SSSR count). The fraction of sp³-hybridized carbons (Fsp3) is 0.632. The summed E-state index contributed by atoms with van der Waals surface area (Å²) in [6.07, 6.45) is 2.72. The van der Waals surface area contributed by atoms with Crippen molar-refractivity contribution >= 4 is 15.9 Å². The van der Waals surface area contributed by atoms with Crippen LogP contribution in [0.15, 0.2) is 23.1 Å². The molecule has 1 saturated heterocycles. The van der Waals surface area contributed by atoms with E-state index < -0.39 is 10.0 Å². The molecule has 2 aliphatic rings. The molecule has 27 heavy (non-hydrogen) atoms. The van der Waals surface area contributed by atoms with Crippen LogP contribution >= 0.6 is 0 Å². The molecule has 0 saturated carbocycles. The number of sulfonamides is 1. The van der Waals surface area contributed by atoms with Gasteiger partial charge in [-0.2, -0.15) is 4.31 Å². The standard InChI is InChI=1S/C19H28N2O5S/c1-25-11-8-19(22)20-10-7-15-12-18(6-5-16(15)13-20)27(23,24)21-9-3-4-17(21)14-26-2/h5-6,12,17H,3-4,7-11,13-14H2,1-2H3/t17-/m1/s1. The molecular formula is C19H28N2O5S. The zero-order valence-corrected chi connectivity index (χ0v) is 16.8. The number of amides is 1. The minimum Gasteiger partial charge on any atom is -0.384 e. The number of carbonyl (C=O) groups excluding carboxylic acids is 1. The monoisotopic (exact) mass is 396 g/mol. The smallest absolute Gasteiger partial charge is 0.243 e. The Hall–Kier alpha value is -1.48. The third-order valence-electron chi connectivity index (χ3n) is 5.35. The number of carbonyl (C=O) groups is 1. The average molecular weight is 397 g/mol. The maximum Gasteiger partial charge on any atom is 0.243 e. The molecule has 0 bridgehead atoms. The fourth-order valence-corrected chi connectivity index (χ4v) is 5.60. The van der Waals surface area contributed by atoms with Gasteiger partial charge >= 0.3 is 0 Å². The van der Waals surface area contributed by atoms with Gasteiger partial charge in [-0.3, -0.25) is 4.79 Å². The van der Waals surface area contributed by atoms with E-state index in [1.807, 2.05) is 11.0 Å². The summed E-state index contributed by atoms with van der Waals surface area (Å²) in [7, 11) is -0.349. The number of fused-ring (bicyclic) bond motifs is 1. The first-order valence-corrected chi connectivity index (χ1v) is 10.8. The van der Waals surface area contributed by atoms with Crippen LogP contribution < -0.4 is 0 Å². The number of hydrogen-bond acceptors (Lipinski definition) is 5. The number of nitrogens with zero attached hydrogens (tertiary/aromatic N) is 2. The largest absolute Gasteiger partial charge is 0.384 e. The van der Waals surface area contributed by atoms with Crippen molar-refractivity contribution in [2.45, 2.75) is 43.2 Å². The lowest BCUT2D eigenvalue weighted by Crippen LogP contribution is -2.38. The highest BCUT2D eigenvalue weighted by Crippen LogP contribution is 2.29. The molecule has 2 aliphatic heterocycles. The number of benzene rings is 1. The molecule has 0 aromatic heterocycles.